The molecule has 11 atom stereocenters. The van der Waals surface area contributed by atoms with E-state index in [0.717, 1.165) is 31.4 Å². The largest absolute Gasteiger partial charge is 0.386 e. The number of carbonyl (C=O) groups is 1. The van der Waals surface area contributed by atoms with Crippen LogP contribution in [0.25, 0.3) is 0 Å². The molecule has 3 N–H and O–H groups in total. The molecule has 11 unspecified atom stereocenters. The van der Waals surface area contributed by atoms with Gasteiger partial charge >= 0.3 is 0 Å². The Morgan fingerprint density at radius 1 is 1.16 bits per heavy atom. The third-order valence-electron chi connectivity index (χ3n) is 9.86. The van der Waals surface area contributed by atoms with E-state index in [0.29, 0.717) is 19.3 Å². The molecular weight excluding hydrogens is 550 g/mol. The molecule has 2 fully saturated rings. The molecule has 1 saturated heterocycles. The van der Waals surface area contributed by atoms with Crippen LogP contribution in [0, 0.1) is 17.8 Å². The second-order valence-corrected chi connectivity index (χ2v) is 14.0. The van der Waals surface area contributed by atoms with E-state index < -0.39 is 41.7 Å². The maximum absolute atomic E-state index is 13.8. The summed E-state index contributed by atoms with van der Waals surface area (Å²) < 4.78 is 24.5. The number of aliphatic hydroxyl groups excluding tert-OH is 1. The van der Waals surface area contributed by atoms with Crippen LogP contribution in [0.4, 0.5) is 0 Å². The van der Waals surface area contributed by atoms with Crippen LogP contribution in [0.3, 0.4) is 0 Å². The van der Waals surface area contributed by atoms with E-state index in [-0.39, 0.29) is 35.8 Å². The molecule has 0 bridgehead atoms. The molecule has 0 aromatic heterocycles. The highest BCUT2D eigenvalue weighted by molar-refractivity contribution is 5.90. The number of likely N-dealkylation sites (N-methyl/N-ethyl adjacent to an activating group) is 1. The van der Waals surface area contributed by atoms with Gasteiger partial charge in [-0.25, -0.2) is 0 Å². The number of ketones is 1. The molecule has 1 saturated carbocycles. The SMILES string of the molecule is CCC(OC)C(C)(O)C(=O)C(C)C(NN=C1CCCC1)C(C)CC(C)(OC)C(OC1OC(C)CC(N(C)C)C1O)C(C)C. The van der Waals surface area contributed by atoms with Crippen LogP contribution < -0.4 is 5.43 Å². The van der Waals surface area contributed by atoms with Crippen molar-refractivity contribution in [3.05, 3.63) is 0 Å². The Morgan fingerprint density at radius 2 is 1.77 bits per heavy atom. The minimum absolute atomic E-state index is 0.0416. The number of aliphatic hydroxyl groups is 2. The molecule has 10 heteroatoms. The van der Waals surface area contributed by atoms with Crippen molar-refractivity contribution in [3.63, 3.8) is 0 Å². The second-order valence-electron chi connectivity index (χ2n) is 14.0. The van der Waals surface area contributed by atoms with Crippen LogP contribution in [-0.2, 0) is 23.7 Å². The molecule has 2 aliphatic rings. The lowest BCUT2D eigenvalue weighted by Gasteiger charge is -2.47. The highest BCUT2D eigenvalue weighted by Gasteiger charge is 2.48. The summed E-state index contributed by atoms with van der Waals surface area (Å²) in [4.78, 5) is 15.9. The first kappa shape index (κ1) is 38.0. The Hall–Kier alpha value is -1.14. The summed E-state index contributed by atoms with van der Waals surface area (Å²) in [5, 5.41) is 27.3. The van der Waals surface area contributed by atoms with Gasteiger partial charge in [-0.15, -0.1) is 0 Å². The van der Waals surface area contributed by atoms with E-state index in [4.69, 9.17) is 24.0 Å². The highest BCUT2D eigenvalue weighted by atomic mass is 16.7. The highest BCUT2D eigenvalue weighted by Crippen LogP contribution is 2.37. The van der Waals surface area contributed by atoms with Gasteiger partial charge in [0.15, 0.2) is 12.1 Å². The van der Waals surface area contributed by atoms with Gasteiger partial charge in [-0.05, 0) is 91.6 Å². The van der Waals surface area contributed by atoms with E-state index in [1.807, 2.05) is 46.7 Å². The average molecular weight is 614 g/mol. The van der Waals surface area contributed by atoms with Gasteiger partial charge in [0.05, 0.1) is 30.0 Å². The van der Waals surface area contributed by atoms with Gasteiger partial charge in [-0.3, -0.25) is 4.79 Å². The van der Waals surface area contributed by atoms with Crippen LogP contribution in [-0.4, -0.2) is 109 Å². The van der Waals surface area contributed by atoms with E-state index in [2.05, 4.69) is 26.2 Å². The molecule has 0 aromatic rings. The smallest absolute Gasteiger partial charge is 0.185 e. The topological polar surface area (TPSA) is 122 Å². The summed E-state index contributed by atoms with van der Waals surface area (Å²) in [5.74, 6) is -0.913. The number of methoxy groups -OCH3 is 2. The van der Waals surface area contributed by atoms with Crippen molar-refractivity contribution >= 4 is 11.5 Å². The van der Waals surface area contributed by atoms with Crippen LogP contribution >= 0.6 is 0 Å². The number of hydrogen-bond donors (Lipinski definition) is 3. The molecule has 0 amide bonds. The summed E-state index contributed by atoms with van der Waals surface area (Å²) >= 11 is 0. The lowest BCUT2D eigenvalue weighted by Crippen LogP contribution is -2.58. The minimum Gasteiger partial charge on any atom is -0.386 e. The van der Waals surface area contributed by atoms with Gasteiger partial charge in [0, 0.05) is 31.9 Å². The molecule has 1 heterocycles. The summed E-state index contributed by atoms with van der Waals surface area (Å²) in [7, 11) is 7.12. The standard InChI is InChI=1S/C33H63N3O7/c1-13-26(40-11)33(8,39)29(38)23(6)27(35-34-24-16-14-15-17-24)21(4)19-32(7,41-12)30(20(2)3)43-31-28(37)25(36(9)10)18-22(5)42-31/h20-23,25-28,30-31,35,37,39H,13-19H2,1-12H3. The lowest BCUT2D eigenvalue weighted by atomic mass is 9.74. The van der Waals surface area contributed by atoms with Crippen LogP contribution in [0.1, 0.15) is 100 Å². The first-order valence-electron chi connectivity index (χ1n) is 16.3. The van der Waals surface area contributed by atoms with Gasteiger partial charge < -0.3 is 39.5 Å². The Morgan fingerprint density at radius 3 is 2.26 bits per heavy atom. The monoisotopic (exact) mass is 613 g/mol. The number of nitrogens with zero attached hydrogens (tertiary/aromatic N) is 2. The second kappa shape index (κ2) is 16.4. The van der Waals surface area contributed by atoms with Crippen molar-refractivity contribution in [2.24, 2.45) is 22.9 Å². The van der Waals surface area contributed by atoms with Crippen LogP contribution in [0.5, 0.6) is 0 Å². The predicted octanol–water partition coefficient (Wildman–Crippen LogP) is 4.15. The van der Waals surface area contributed by atoms with Crippen molar-refractivity contribution in [3.8, 4) is 0 Å². The fourth-order valence-electron chi connectivity index (χ4n) is 7.26. The predicted molar refractivity (Wildman–Crippen MR) is 170 cm³/mol. The molecule has 2 rings (SSSR count). The molecule has 252 valence electrons. The number of Topliss-reactive ketones (excluding diaryl/α,β-unsaturated/α-hetero) is 1. The van der Waals surface area contributed by atoms with Gasteiger partial charge in [0.2, 0.25) is 0 Å². The van der Waals surface area contributed by atoms with Crippen molar-refractivity contribution < 1.29 is 34.0 Å². The number of nitrogens with one attached hydrogen (secondary N) is 1. The Labute approximate surface area is 261 Å². The first-order chi connectivity index (χ1) is 20.0. The van der Waals surface area contributed by atoms with Crippen LogP contribution in [0.15, 0.2) is 5.10 Å². The van der Waals surface area contributed by atoms with Gasteiger partial charge in [0.1, 0.15) is 11.7 Å². The summed E-state index contributed by atoms with van der Waals surface area (Å²) in [6.45, 7) is 15.6. The third kappa shape index (κ3) is 9.44. The maximum atomic E-state index is 13.8. The lowest BCUT2D eigenvalue weighted by molar-refractivity contribution is -0.296. The van der Waals surface area contributed by atoms with E-state index in [1.165, 1.54) is 7.11 Å². The molecule has 10 nitrogen and oxygen atoms in total. The zero-order valence-corrected chi connectivity index (χ0v) is 29.1. The van der Waals surface area contributed by atoms with Gasteiger partial charge in [-0.1, -0.05) is 34.6 Å². The Bertz CT molecular complexity index is 886. The fourth-order valence-corrected chi connectivity index (χ4v) is 7.26. The molecule has 0 aromatic carbocycles. The quantitative estimate of drug-likeness (QED) is 0.208. The molecule has 0 radical (unpaired) electrons. The van der Waals surface area contributed by atoms with Crippen molar-refractivity contribution in [1.82, 2.24) is 10.3 Å². The number of hydrogen-bond acceptors (Lipinski definition) is 10. The van der Waals surface area contributed by atoms with Gasteiger partial charge in [0.25, 0.3) is 0 Å². The zero-order valence-electron chi connectivity index (χ0n) is 29.1. The molecule has 0 spiro atoms. The van der Waals surface area contributed by atoms with Crippen molar-refractivity contribution in [1.29, 1.82) is 0 Å². The van der Waals surface area contributed by atoms with E-state index in [1.54, 1.807) is 14.0 Å². The minimum atomic E-state index is -1.65. The normalized spacial score (nSPS) is 29.4. The van der Waals surface area contributed by atoms with Crippen molar-refractivity contribution in [2.75, 3.05) is 28.3 Å². The van der Waals surface area contributed by atoms with Gasteiger partial charge in [-0.2, -0.15) is 5.10 Å². The maximum Gasteiger partial charge on any atom is 0.185 e. The zero-order chi connectivity index (χ0) is 32.7. The number of hydrazone groups is 1. The molecular formula is C33H63N3O7. The number of carbonyl (C=O) groups excluding carboxylic acids is 1. The third-order valence-corrected chi connectivity index (χ3v) is 9.86. The average Bonchev–Trinajstić information content (AvgIpc) is 3.46. The Balaban J connectivity index is 2.38. The molecule has 1 aliphatic heterocycles. The first-order valence-corrected chi connectivity index (χ1v) is 16.3. The molecule has 43 heavy (non-hydrogen) atoms. The summed E-state index contributed by atoms with van der Waals surface area (Å²) in [5.41, 5.74) is 2.04. The van der Waals surface area contributed by atoms with E-state index in [9.17, 15) is 15.0 Å². The number of rotatable bonds is 17. The number of ether oxygens (including phenoxy) is 4. The van der Waals surface area contributed by atoms with E-state index >= 15 is 0 Å². The summed E-state index contributed by atoms with van der Waals surface area (Å²) in [6, 6.07) is -0.463. The van der Waals surface area contributed by atoms with Crippen molar-refractivity contribution in [2.45, 2.75) is 154 Å². The molecule has 1 aliphatic carbocycles. The fraction of sp³-hybridized carbons (Fsp3) is 0.939. The van der Waals surface area contributed by atoms with Crippen LogP contribution in [0.2, 0.25) is 0 Å². The summed E-state index contributed by atoms with van der Waals surface area (Å²) in [6.07, 6.45) is 3.19. The Kier molecular flexibility index (Phi) is 14.5.